The Bertz CT molecular complexity index is 592. The van der Waals surface area contributed by atoms with E-state index in [9.17, 15) is 9.59 Å². The van der Waals surface area contributed by atoms with Gasteiger partial charge in [-0.3, -0.25) is 9.59 Å². The molecule has 136 valence electrons. The molecule has 1 aliphatic carbocycles. The van der Waals surface area contributed by atoms with E-state index in [1.165, 1.54) is 0 Å². The van der Waals surface area contributed by atoms with Gasteiger partial charge in [0, 0.05) is 6.04 Å². The number of amides is 2. The van der Waals surface area contributed by atoms with Crippen LogP contribution in [0.15, 0.2) is 24.3 Å². The number of ether oxygens (including phenoxy) is 1. The van der Waals surface area contributed by atoms with Gasteiger partial charge in [-0.1, -0.05) is 18.6 Å². The molecule has 25 heavy (non-hydrogen) atoms. The van der Waals surface area contributed by atoms with Crippen LogP contribution >= 0.6 is 0 Å². The zero-order chi connectivity index (χ0) is 17.6. The minimum atomic E-state index is -0.0798. The van der Waals surface area contributed by atoms with Crippen molar-refractivity contribution in [2.24, 2.45) is 0 Å². The van der Waals surface area contributed by atoms with Gasteiger partial charge in [0.15, 0.2) is 6.61 Å². The summed E-state index contributed by atoms with van der Waals surface area (Å²) < 4.78 is 5.50. The standard InChI is InChI=1S/C19H27N3O3/c1-13(21-19(24)17-4-2-3-11-20-17)14-5-9-16(10-6-14)25-12-18(23)22-15-7-8-15/h5-6,9-10,13,15,17,20H,2-4,7-8,11-12H2,1H3,(H,21,24)(H,22,23). The van der Waals surface area contributed by atoms with Crippen LogP contribution in [0.3, 0.4) is 0 Å². The van der Waals surface area contributed by atoms with E-state index in [0.29, 0.717) is 11.8 Å². The Morgan fingerprint density at radius 3 is 2.60 bits per heavy atom. The fourth-order valence-corrected chi connectivity index (χ4v) is 2.97. The van der Waals surface area contributed by atoms with E-state index in [1.807, 2.05) is 31.2 Å². The van der Waals surface area contributed by atoms with Crippen molar-refractivity contribution >= 4 is 11.8 Å². The quantitative estimate of drug-likeness (QED) is 0.702. The van der Waals surface area contributed by atoms with Gasteiger partial charge in [0.2, 0.25) is 5.91 Å². The van der Waals surface area contributed by atoms with Crippen LogP contribution in [-0.4, -0.2) is 37.0 Å². The first-order chi connectivity index (χ1) is 12.1. The number of hydrogen-bond acceptors (Lipinski definition) is 4. The highest BCUT2D eigenvalue weighted by atomic mass is 16.5. The van der Waals surface area contributed by atoms with Crippen molar-refractivity contribution < 1.29 is 14.3 Å². The Balaban J connectivity index is 1.45. The van der Waals surface area contributed by atoms with Gasteiger partial charge >= 0.3 is 0 Å². The van der Waals surface area contributed by atoms with Gasteiger partial charge in [-0.05, 0) is 56.8 Å². The van der Waals surface area contributed by atoms with E-state index < -0.39 is 0 Å². The zero-order valence-electron chi connectivity index (χ0n) is 14.7. The molecule has 0 bridgehead atoms. The highest BCUT2D eigenvalue weighted by molar-refractivity contribution is 5.82. The molecule has 6 nitrogen and oxygen atoms in total. The van der Waals surface area contributed by atoms with Crippen molar-refractivity contribution in [1.29, 1.82) is 0 Å². The van der Waals surface area contributed by atoms with Crippen LogP contribution in [0.25, 0.3) is 0 Å². The predicted octanol–water partition coefficient (Wildman–Crippen LogP) is 1.66. The molecule has 2 atom stereocenters. The third-order valence-electron chi connectivity index (χ3n) is 4.68. The number of nitrogens with one attached hydrogen (secondary N) is 3. The van der Waals surface area contributed by atoms with E-state index in [4.69, 9.17) is 4.74 Å². The minimum Gasteiger partial charge on any atom is -0.484 e. The summed E-state index contributed by atoms with van der Waals surface area (Å²) in [5.74, 6) is 0.638. The Morgan fingerprint density at radius 2 is 1.96 bits per heavy atom. The molecule has 2 fully saturated rings. The summed E-state index contributed by atoms with van der Waals surface area (Å²) in [5, 5.41) is 9.21. The number of carbonyl (C=O) groups excluding carboxylic acids is 2. The average Bonchev–Trinajstić information content (AvgIpc) is 3.45. The second-order valence-electron chi connectivity index (χ2n) is 6.93. The van der Waals surface area contributed by atoms with Crippen molar-refractivity contribution in [2.45, 2.75) is 57.2 Å². The summed E-state index contributed by atoms with van der Waals surface area (Å²) >= 11 is 0. The summed E-state index contributed by atoms with van der Waals surface area (Å²) in [6.45, 7) is 2.92. The average molecular weight is 345 g/mol. The number of benzene rings is 1. The smallest absolute Gasteiger partial charge is 0.258 e. The van der Waals surface area contributed by atoms with Gasteiger partial charge in [-0.25, -0.2) is 0 Å². The van der Waals surface area contributed by atoms with E-state index in [0.717, 1.165) is 44.2 Å². The summed E-state index contributed by atoms with van der Waals surface area (Å²) in [6.07, 6.45) is 5.27. The van der Waals surface area contributed by atoms with E-state index in [-0.39, 0.29) is 30.5 Å². The molecular weight excluding hydrogens is 318 g/mol. The van der Waals surface area contributed by atoms with Gasteiger partial charge in [0.25, 0.3) is 5.91 Å². The minimum absolute atomic E-state index is 0.0372. The van der Waals surface area contributed by atoms with Crippen LogP contribution in [-0.2, 0) is 9.59 Å². The maximum absolute atomic E-state index is 12.3. The van der Waals surface area contributed by atoms with Crippen LogP contribution in [0, 0.1) is 0 Å². The summed E-state index contributed by atoms with van der Waals surface area (Å²) in [5.41, 5.74) is 1.01. The molecule has 2 aliphatic rings. The maximum atomic E-state index is 12.3. The Kier molecular flexibility index (Phi) is 5.91. The highest BCUT2D eigenvalue weighted by Gasteiger charge is 2.23. The first kappa shape index (κ1) is 17.7. The molecule has 1 heterocycles. The molecule has 1 saturated heterocycles. The van der Waals surface area contributed by atoms with E-state index in [1.54, 1.807) is 0 Å². The Labute approximate surface area is 148 Å². The van der Waals surface area contributed by atoms with Crippen LogP contribution in [0.2, 0.25) is 0 Å². The molecule has 0 spiro atoms. The third kappa shape index (κ3) is 5.46. The third-order valence-corrected chi connectivity index (χ3v) is 4.68. The van der Waals surface area contributed by atoms with Gasteiger partial charge < -0.3 is 20.7 Å². The molecule has 1 aliphatic heterocycles. The van der Waals surface area contributed by atoms with E-state index >= 15 is 0 Å². The van der Waals surface area contributed by atoms with Crippen molar-refractivity contribution in [3.05, 3.63) is 29.8 Å². The second kappa shape index (κ2) is 8.34. The second-order valence-corrected chi connectivity index (χ2v) is 6.93. The molecule has 0 radical (unpaired) electrons. The van der Waals surface area contributed by atoms with Gasteiger partial charge in [0.05, 0.1) is 12.1 Å². The lowest BCUT2D eigenvalue weighted by molar-refractivity contribution is -0.124. The molecule has 1 saturated carbocycles. The van der Waals surface area contributed by atoms with Crippen molar-refractivity contribution in [2.75, 3.05) is 13.2 Å². The molecule has 1 aromatic carbocycles. The van der Waals surface area contributed by atoms with Gasteiger partial charge in [-0.15, -0.1) is 0 Å². The Hall–Kier alpha value is -2.08. The summed E-state index contributed by atoms with van der Waals surface area (Å²) in [7, 11) is 0. The van der Waals surface area contributed by atoms with Gasteiger partial charge in [0.1, 0.15) is 5.75 Å². The molecule has 3 rings (SSSR count). The maximum Gasteiger partial charge on any atom is 0.258 e. The SMILES string of the molecule is CC(NC(=O)C1CCCCN1)c1ccc(OCC(=O)NC2CC2)cc1. The topological polar surface area (TPSA) is 79.5 Å². The van der Waals surface area contributed by atoms with Crippen molar-refractivity contribution in [3.8, 4) is 5.75 Å². The van der Waals surface area contributed by atoms with Crippen LogP contribution < -0.4 is 20.7 Å². The lowest BCUT2D eigenvalue weighted by atomic mass is 10.0. The van der Waals surface area contributed by atoms with Crippen LogP contribution in [0.1, 0.15) is 50.6 Å². The Morgan fingerprint density at radius 1 is 1.20 bits per heavy atom. The summed E-state index contributed by atoms with van der Waals surface area (Å²) in [4.78, 5) is 23.9. The molecule has 0 aromatic heterocycles. The molecule has 1 aromatic rings. The molecule has 2 unspecified atom stereocenters. The predicted molar refractivity (Wildman–Crippen MR) is 95.3 cm³/mol. The lowest BCUT2D eigenvalue weighted by Gasteiger charge is -2.24. The molecular formula is C19H27N3O3. The van der Waals surface area contributed by atoms with Crippen LogP contribution in [0.5, 0.6) is 5.75 Å². The molecule has 3 N–H and O–H groups in total. The first-order valence-corrected chi connectivity index (χ1v) is 9.17. The van der Waals surface area contributed by atoms with Gasteiger partial charge in [-0.2, -0.15) is 0 Å². The number of hydrogen-bond donors (Lipinski definition) is 3. The fraction of sp³-hybridized carbons (Fsp3) is 0.579. The largest absolute Gasteiger partial charge is 0.484 e. The normalized spacial score (nSPS) is 21.2. The van der Waals surface area contributed by atoms with Crippen molar-refractivity contribution in [3.63, 3.8) is 0 Å². The monoisotopic (exact) mass is 345 g/mol. The lowest BCUT2D eigenvalue weighted by Crippen LogP contribution is -2.47. The highest BCUT2D eigenvalue weighted by Crippen LogP contribution is 2.20. The first-order valence-electron chi connectivity index (χ1n) is 9.17. The number of carbonyl (C=O) groups is 2. The fourth-order valence-electron chi connectivity index (χ4n) is 2.97. The summed E-state index contributed by atoms with van der Waals surface area (Å²) in [6, 6.07) is 7.72. The molecule has 2 amide bonds. The number of piperidine rings is 1. The number of rotatable bonds is 7. The van der Waals surface area contributed by atoms with Crippen molar-refractivity contribution in [1.82, 2.24) is 16.0 Å². The zero-order valence-corrected chi connectivity index (χ0v) is 14.7. The van der Waals surface area contributed by atoms with Crippen LogP contribution in [0.4, 0.5) is 0 Å². The molecule has 6 heteroatoms. The van der Waals surface area contributed by atoms with E-state index in [2.05, 4.69) is 16.0 Å².